The summed E-state index contributed by atoms with van der Waals surface area (Å²) < 4.78 is 0. The van der Waals surface area contributed by atoms with E-state index in [4.69, 9.17) is 5.73 Å². The molecule has 0 saturated heterocycles. The third-order valence-electron chi connectivity index (χ3n) is 4.68. The molecule has 1 saturated carbocycles. The molecule has 1 aromatic carbocycles. The fraction of sp³-hybridized carbons (Fsp3) is 0.556. The van der Waals surface area contributed by atoms with Crippen molar-refractivity contribution in [3.63, 3.8) is 0 Å². The molecule has 5 nitrogen and oxygen atoms in total. The fourth-order valence-corrected chi connectivity index (χ4v) is 2.90. The van der Waals surface area contributed by atoms with Crippen molar-refractivity contribution in [2.24, 2.45) is 11.7 Å². The number of halogens is 1. The number of anilines is 1. The maximum Gasteiger partial charge on any atom is 0.253 e. The number of nitrogens with zero attached hydrogens (tertiary/aromatic N) is 1. The van der Waals surface area contributed by atoms with Crippen molar-refractivity contribution in [1.82, 2.24) is 4.90 Å². The molecular weight excluding hydrogens is 326 g/mol. The van der Waals surface area contributed by atoms with Gasteiger partial charge < -0.3 is 16.0 Å². The molecule has 24 heavy (non-hydrogen) atoms. The Morgan fingerprint density at radius 1 is 1.29 bits per heavy atom. The van der Waals surface area contributed by atoms with Gasteiger partial charge in [0.05, 0.1) is 0 Å². The molecule has 0 radical (unpaired) electrons. The van der Waals surface area contributed by atoms with Gasteiger partial charge in [-0.25, -0.2) is 0 Å². The Hall–Kier alpha value is -1.59. The van der Waals surface area contributed by atoms with E-state index in [9.17, 15) is 9.59 Å². The van der Waals surface area contributed by atoms with Crippen LogP contribution in [0.4, 0.5) is 5.69 Å². The predicted octanol–water partition coefficient (Wildman–Crippen LogP) is 3.05. The molecule has 1 fully saturated rings. The number of carbonyl (C=O) groups is 2. The molecule has 1 aliphatic carbocycles. The molecule has 134 valence electrons. The molecule has 3 N–H and O–H groups in total. The standard InChI is InChI=1S/C18H27N3O2.ClH/c1-13(12-19)21(2)18(23)15-9-6-10-16(11-15)20-17(22)14-7-4-3-5-8-14;/h6,9-11,13-14H,3-5,7-8,12,19H2,1-2H3,(H,20,22);1H. The number of likely N-dealkylation sites (N-methyl/N-ethyl adjacent to an activating group) is 1. The van der Waals surface area contributed by atoms with Gasteiger partial charge in [-0.2, -0.15) is 0 Å². The average Bonchev–Trinajstić information content (AvgIpc) is 2.60. The molecule has 2 amide bonds. The normalized spacial score (nSPS) is 16.0. The summed E-state index contributed by atoms with van der Waals surface area (Å²) in [4.78, 5) is 26.4. The lowest BCUT2D eigenvalue weighted by Crippen LogP contribution is -2.39. The first-order valence-electron chi connectivity index (χ1n) is 8.41. The molecule has 1 unspecified atom stereocenters. The van der Waals surface area contributed by atoms with Gasteiger partial charge in [-0.1, -0.05) is 25.3 Å². The zero-order valence-corrected chi connectivity index (χ0v) is 15.3. The molecule has 0 spiro atoms. The molecule has 0 heterocycles. The molecule has 0 aromatic heterocycles. The van der Waals surface area contributed by atoms with Gasteiger partial charge >= 0.3 is 0 Å². The van der Waals surface area contributed by atoms with Crippen LogP contribution in [0.1, 0.15) is 49.4 Å². The number of nitrogens with two attached hydrogens (primary N) is 1. The van der Waals surface area contributed by atoms with E-state index in [1.165, 1.54) is 6.42 Å². The van der Waals surface area contributed by atoms with E-state index in [0.29, 0.717) is 17.8 Å². The van der Waals surface area contributed by atoms with E-state index in [0.717, 1.165) is 25.7 Å². The maximum absolute atomic E-state index is 12.4. The minimum absolute atomic E-state index is 0. The minimum atomic E-state index is -0.0864. The van der Waals surface area contributed by atoms with Gasteiger partial charge in [0.15, 0.2) is 0 Å². The molecule has 1 atom stereocenters. The van der Waals surface area contributed by atoms with E-state index >= 15 is 0 Å². The van der Waals surface area contributed by atoms with Crippen LogP contribution in [0.2, 0.25) is 0 Å². The van der Waals surface area contributed by atoms with Crippen LogP contribution in [0.3, 0.4) is 0 Å². The predicted molar refractivity (Wildman–Crippen MR) is 99.5 cm³/mol. The lowest BCUT2D eigenvalue weighted by molar-refractivity contribution is -0.120. The number of amides is 2. The summed E-state index contributed by atoms with van der Waals surface area (Å²) in [5, 5.41) is 2.95. The van der Waals surface area contributed by atoms with Crippen molar-refractivity contribution in [3.8, 4) is 0 Å². The quantitative estimate of drug-likeness (QED) is 0.854. The Bertz CT molecular complexity index is 559. The first-order chi connectivity index (χ1) is 11.0. The minimum Gasteiger partial charge on any atom is -0.338 e. The third-order valence-corrected chi connectivity index (χ3v) is 4.68. The number of hydrogen-bond acceptors (Lipinski definition) is 3. The van der Waals surface area contributed by atoms with Crippen molar-refractivity contribution in [2.75, 3.05) is 18.9 Å². The van der Waals surface area contributed by atoms with Crippen LogP contribution in [-0.4, -0.2) is 36.3 Å². The molecule has 0 bridgehead atoms. The first-order valence-corrected chi connectivity index (χ1v) is 8.41. The van der Waals surface area contributed by atoms with Crippen LogP contribution in [0.5, 0.6) is 0 Å². The number of nitrogens with one attached hydrogen (secondary N) is 1. The zero-order valence-electron chi connectivity index (χ0n) is 14.5. The first kappa shape index (κ1) is 20.5. The Kier molecular flexibility index (Phi) is 8.22. The Balaban J connectivity index is 0.00000288. The average molecular weight is 354 g/mol. The molecule has 1 aromatic rings. The summed E-state index contributed by atoms with van der Waals surface area (Å²) in [5.41, 5.74) is 6.86. The van der Waals surface area contributed by atoms with Crippen LogP contribution in [0.15, 0.2) is 24.3 Å². The van der Waals surface area contributed by atoms with Crippen LogP contribution in [0, 0.1) is 5.92 Å². The van der Waals surface area contributed by atoms with E-state index < -0.39 is 0 Å². The third kappa shape index (κ3) is 5.21. The molecule has 2 rings (SSSR count). The lowest BCUT2D eigenvalue weighted by Gasteiger charge is -2.24. The van der Waals surface area contributed by atoms with Crippen LogP contribution < -0.4 is 11.1 Å². The van der Waals surface area contributed by atoms with Crippen molar-refractivity contribution < 1.29 is 9.59 Å². The van der Waals surface area contributed by atoms with Gasteiger partial charge in [-0.3, -0.25) is 9.59 Å². The second-order valence-corrected chi connectivity index (χ2v) is 6.41. The largest absolute Gasteiger partial charge is 0.338 e. The maximum atomic E-state index is 12.4. The number of carbonyl (C=O) groups excluding carboxylic acids is 2. The smallest absolute Gasteiger partial charge is 0.253 e. The van der Waals surface area contributed by atoms with Crippen LogP contribution in [-0.2, 0) is 4.79 Å². The van der Waals surface area contributed by atoms with Crippen molar-refractivity contribution in [3.05, 3.63) is 29.8 Å². The second kappa shape index (κ2) is 9.64. The summed E-state index contributed by atoms with van der Waals surface area (Å²) in [6.45, 7) is 2.33. The number of rotatable bonds is 5. The monoisotopic (exact) mass is 353 g/mol. The number of hydrogen-bond donors (Lipinski definition) is 2. The van der Waals surface area contributed by atoms with Gasteiger partial charge in [0.25, 0.3) is 5.91 Å². The van der Waals surface area contributed by atoms with Gasteiger partial charge in [0.2, 0.25) is 5.91 Å². The highest BCUT2D eigenvalue weighted by atomic mass is 35.5. The van der Waals surface area contributed by atoms with Gasteiger partial charge in [0, 0.05) is 36.8 Å². The molecule has 1 aliphatic rings. The van der Waals surface area contributed by atoms with Gasteiger partial charge in [-0.15, -0.1) is 12.4 Å². The van der Waals surface area contributed by atoms with Crippen molar-refractivity contribution in [1.29, 1.82) is 0 Å². The van der Waals surface area contributed by atoms with E-state index in [1.54, 1.807) is 30.1 Å². The van der Waals surface area contributed by atoms with E-state index in [2.05, 4.69) is 5.32 Å². The van der Waals surface area contributed by atoms with Gasteiger partial charge in [-0.05, 0) is 38.0 Å². The Labute approximate surface area is 150 Å². The highest BCUT2D eigenvalue weighted by molar-refractivity contribution is 5.97. The second-order valence-electron chi connectivity index (χ2n) is 6.41. The molecule has 6 heteroatoms. The number of benzene rings is 1. The highest BCUT2D eigenvalue weighted by Gasteiger charge is 2.22. The lowest BCUT2D eigenvalue weighted by atomic mass is 9.88. The summed E-state index contributed by atoms with van der Waals surface area (Å²) in [7, 11) is 1.74. The molecule has 0 aliphatic heterocycles. The van der Waals surface area contributed by atoms with Crippen molar-refractivity contribution in [2.45, 2.75) is 45.1 Å². The van der Waals surface area contributed by atoms with Crippen LogP contribution in [0.25, 0.3) is 0 Å². The summed E-state index contributed by atoms with van der Waals surface area (Å²) in [6.07, 6.45) is 5.39. The summed E-state index contributed by atoms with van der Waals surface area (Å²) in [6, 6.07) is 7.10. The van der Waals surface area contributed by atoms with E-state index in [-0.39, 0.29) is 36.2 Å². The zero-order chi connectivity index (χ0) is 16.8. The summed E-state index contributed by atoms with van der Waals surface area (Å²) in [5.74, 6) is 0.0812. The van der Waals surface area contributed by atoms with Crippen molar-refractivity contribution >= 4 is 29.9 Å². The fourth-order valence-electron chi connectivity index (χ4n) is 2.90. The SMILES string of the molecule is CC(CN)N(C)C(=O)c1cccc(NC(=O)C2CCCCC2)c1.Cl. The van der Waals surface area contributed by atoms with Crippen LogP contribution >= 0.6 is 12.4 Å². The Morgan fingerprint density at radius 2 is 1.96 bits per heavy atom. The highest BCUT2D eigenvalue weighted by Crippen LogP contribution is 2.25. The van der Waals surface area contributed by atoms with Gasteiger partial charge in [0.1, 0.15) is 0 Å². The summed E-state index contributed by atoms with van der Waals surface area (Å²) >= 11 is 0. The topological polar surface area (TPSA) is 75.4 Å². The van der Waals surface area contributed by atoms with E-state index in [1.807, 2.05) is 13.0 Å². The molecular formula is C18H28ClN3O2. The Morgan fingerprint density at radius 3 is 2.58 bits per heavy atom.